The molecule has 0 aliphatic carbocycles. The summed E-state index contributed by atoms with van der Waals surface area (Å²) in [6.45, 7) is 4.56. The third kappa shape index (κ3) is 2.69. The minimum Gasteiger partial charge on any atom is -0.491 e. The van der Waals surface area contributed by atoms with E-state index in [0.29, 0.717) is 22.5 Å². The molecule has 1 fully saturated rings. The van der Waals surface area contributed by atoms with E-state index in [1.54, 1.807) is 26.0 Å². The van der Waals surface area contributed by atoms with Crippen molar-refractivity contribution in [3.05, 3.63) is 64.3 Å². The van der Waals surface area contributed by atoms with Crippen molar-refractivity contribution in [3.8, 4) is 17.1 Å². The average molecular weight is 420 g/mol. The summed E-state index contributed by atoms with van der Waals surface area (Å²) in [5.41, 5.74) is -1.45. The summed E-state index contributed by atoms with van der Waals surface area (Å²) >= 11 is 0. The molecular weight excluding hydrogens is 400 g/mol. The lowest BCUT2D eigenvalue weighted by molar-refractivity contribution is -0.158. The highest BCUT2D eigenvalue weighted by Gasteiger charge is 2.68. The molecule has 158 valence electrons. The Morgan fingerprint density at radius 2 is 1.84 bits per heavy atom. The fourth-order valence-electron chi connectivity index (χ4n) is 4.61. The molecule has 0 bridgehead atoms. The van der Waals surface area contributed by atoms with Crippen molar-refractivity contribution in [3.63, 3.8) is 0 Å². The molecular formula is C24H20O7. The predicted molar refractivity (Wildman–Crippen MR) is 111 cm³/mol. The molecule has 0 amide bonds. The van der Waals surface area contributed by atoms with Crippen LogP contribution in [0.15, 0.2) is 57.7 Å². The molecule has 5 rings (SSSR count). The summed E-state index contributed by atoms with van der Waals surface area (Å²) in [6, 6.07) is 13.9. The first-order valence-corrected chi connectivity index (χ1v) is 9.94. The second kappa shape index (κ2) is 6.44. The van der Waals surface area contributed by atoms with E-state index >= 15 is 0 Å². The van der Waals surface area contributed by atoms with Crippen LogP contribution in [0.5, 0.6) is 5.75 Å². The maximum atomic E-state index is 13.2. The lowest BCUT2D eigenvalue weighted by Crippen LogP contribution is -2.50. The molecule has 1 saturated heterocycles. The first-order valence-electron chi connectivity index (χ1n) is 9.94. The number of hydrogen-bond acceptors (Lipinski definition) is 7. The number of hydrogen-bond donors (Lipinski definition) is 0. The number of benzene rings is 2. The summed E-state index contributed by atoms with van der Waals surface area (Å²) in [5, 5.41) is 0.308. The fraction of sp³-hybridized carbons (Fsp3) is 0.292. The van der Waals surface area contributed by atoms with Gasteiger partial charge in [0.25, 0.3) is 0 Å². The van der Waals surface area contributed by atoms with Gasteiger partial charge in [0.1, 0.15) is 29.3 Å². The van der Waals surface area contributed by atoms with Gasteiger partial charge in [0, 0.05) is 18.6 Å². The van der Waals surface area contributed by atoms with Crippen LogP contribution in [0, 0.1) is 0 Å². The molecule has 0 radical (unpaired) electrons. The van der Waals surface area contributed by atoms with Crippen molar-refractivity contribution >= 4 is 22.9 Å². The predicted octanol–water partition coefficient (Wildman–Crippen LogP) is 3.36. The molecule has 3 heterocycles. The first-order chi connectivity index (χ1) is 14.7. The molecule has 1 aromatic heterocycles. The van der Waals surface area contributed by atoms with E-state index in [-0.39, 0.29) is 17.6 Å². The van der Waals surface area contributed by atoms with E-state index in [1.165, 1.54) is 13.0 Å². The smallest absolute Gasteiger partial charge is 0.325 e. The summed E-state index contributed by atoms with van der Waals surface area (Å²) in [6.07, 6.45) is -0.956. The van der Waals surface area contributed by atoms with Crippen molar-refractivity contribution in [2.24, 2.45) is 0 Å². The highest BCUT2D eigenvalue weighted by Crippen LogP contribution is 2.53. The topological polar surface area (TPSA) is 92.0 Å². The zero-order valence-electron chi connectivity index (χ0n) is 17.3. The van der Waals surface area contributed by atoms with Gasteiger partial charge in [-0.1, -0.05) is 30.3 Å². The summed E-state index contributed by atoms with van der Waals surface area (Å²) in [4.78, 5) is 38.1. The quantitative estimate of drug-likeness (QED) is 0.587. The van der Waals surface area contributed by atoms with Gasteiger partial charge in [-0.05, 0) is 26.0 Å². The van der Waals surface area contributed by atoms with Crippen molar-refractivity contribution in [2.75, 3.05) is 6.61 Å². The number of carbonyl (C=O) groups excluding carboxylic acids is 2. The maximum absolute atomic E-state index is 13.2. The number of cyclic esters (lactones) is 1. The second-order valence-electron chi connectivity index (χ2n) is 8.40. The zero-order chi connectivity index (χ0) is 22.0. The molecule has 0 N–H and O–H groups in total. The molecule has 7 heteroatoms. The van der Waals surface area contributed by atoms with E-state index in [0.717, 1.165) is 5.56 Å². The molecule has 1 spiro atoms. The van der Waals surface area contributed by atoms with E-state index in [9.17, 15) is 14.4 Å². The fourth-order valence-corrected chi connectivity index (χ4v) is 4.61. The monoisotopic (exact) mass is 420 g/mol. The lowest BCUT2D eigenvalue weighted by atomic mass is 9.73. The molecule has 2 aromatic carbocycles. The van der Waals surface area contributed by atoms with Gasteiger partial charge in [-0.3, -0.25) is 14.4 Å². The van der Waals surface area contributed by atoms with E-state index in [1.807, 2.05) is 30.3 Å². The van der Waals surface area contributed by atoms with Crippen LogP contribution in [-0.2, 0) is 24.5 Å². The van der Waals surface area contributed by atoms with Crippen molar-refractivity contribution in [2.45, 2.75) is 37.9 Å². The molecule has 31 heavy (non-hydrogen) atoms. The highest BCUT2D eigenvalue weighted by atomic mass is 16.6. The average Bonchev–Trinajstić information content (AvgIpc) is 3.20. The number of carbonyl (C=O) groups is 2. The largest absolute Gasteiger partial charge is 0.491 e. The number of ether oxygens (including phenoxy) is 3. The van der Waals surface area contributed by atoms with E-state index in [2.05, 4.69) is 0 Å². The Morgan fingerprint density at radius 3 is 2.55 bits per heavy atom. The Morgan fingerprint density at radius 1 is 1.10 bits per heavy atom. The Balaban J connectivity index is 1.82. The molecule has 2 aliphatic rings. The van der Waals surface area contributed by atoms with Crippen LogP contribution >= 0.6 is 0 Å². The lowest BCUT2D eigenvalue weighted by Gasteiger charge is -2.30. The van der Waals surface area contributed by atoms with Crippen molar-refractivity contribution in [1.29, 1.82) is 0 Å². The summed E-state index contributed by atoms with van der Waals surface area (Å²) in [7, 11) is 0. The van der Waals surface area contributed by atoms with Gasteiger partial charge in [0.2, 0.25) is 0 Å². The Hall–Kier alpha value is -3.61. The standard InChI is InChI=1S/C24H20O7/c1-13(25)29-21-23(2,3)31-22(27)24(21)12-28-17-10-9-15-16(26)11-18(30-20(15)19(17)24)14-7-5-4-6-8-14/h4-11,21H,12H2,1-3H3/t21?,24-/m1/s1. The van der Waals surface area contributed by atoms with Crippen LogP contribution in [0.3, 0.4) is 0 Å². The number of esters is 2. The summed E-state index contributed by atoms with van der Waals surface area (Å²) in [5.74, 6) is -0.366. The number of rotatable bonds is 2. The molecule has 2 atom stereocenters. The van der Waals surface area contributed by atoms with Gasteiger partial charge < -0.3 is 18.6 Å². The van der Waals surface area contributed by atoms with Crippen LogP contribution in [0.1, 0.15) is 26.3 Å². The van der Waals surface area contributed by atoms with Gasteiger partial charge in [-0.2, -0.15) is 0 Å². The van der Waals surface area contributed by atoms with Crippen molar-refractivity contribution in [1.82, 2.24) is 0 Å². The van der Waals surface area contributed by atoms with Gasteiger partial charge >= 0.3 is 11.9 Å². The molecule has 3 aromatic rings. The Kier molecular flexibility index (Phi) is 4.02. The van der Waals surface area contributed by atoms with Gasteiger partial charge in [-0.25, -0.2) is 0 Å². The van der Waals surface area contributed by atoms with Crippen LogP contribution < -0.4 is 10.2 Å². The SMILES string of the molecule is CC(=O)OC1C(C)(C)OC(=O)[C@@]12COc1ccc3c(=O)cc(-c4ccccc4)oc3c12. The van der Waals surface area contributed by atoms with Crippen LogP contribution in [0.2, 0.25) is 0 Å². The first kappa shape index (κ1) is 19.4. The van der Waals surface area contributed by atoms with Gasteiger partial charge in [0.05, 0.1) is 10.9 Å². The third-order valence-corrected chi connectivity index (χ3v) is 5.90. The van der Waals surface area contributed by atoms with Crippen molar-refractivity contribution < 1.29 is 28.2 Å². The highest BCUT2D eigenvalue weighted by molar-refractivity contribution is 5.97. The normalized spacial score (nSPS) is 23.5. The minimum atomic E-state index is -1.44. The number of fused-ring (bicyclic) bond motifs is 4. The molecule has 1 unspecified atom stereocenters. The van der Waals surface area contributed by atoms with Crippen LogP contribution in [0.25, 0.3) is 22.3 Å². The van der Waals surface area contributed by atoms with Crippen LogP contribution in [0.4, 0.5) is 0 Å². The summed E-state index contributed by atoms with van der Waals surface area (Å²) < 4.78 is 23.3. The molecule has 2 aliphatic heterocycles. The van der Waals surface area contributed by atoms with Gasteiger partial charge in [-0.15, -0.1) is 0 Å². The second-order valence-corrected chi connectivity index (χ2v) is 8.40. The van der Waals surface area contributed by atoms with Crippen LogP contribution in [-0.4, -0.2) is 30.3 Å². The van der Waals surface area contributed by atoms with E-state index < -0.39 is 29.1 Å². The minimum absolute atomic E-state index is 0.0824. The van der Waals surface area contributed by atoms with Gasteiger partial charge in [0.15, 0.2) is 16.9 Å². The maximum Gasteiger partial charge on any atom is 0.325 e. The Labute approximate surface area is 177 Å². The Bertz CT molecular complexity index is 1290. The van der Waals surface area contributed by atoms with E-state index in [4.69, 9.17) is 18.6 Å². The molecule has 7 nitrogen and oxygen atoms in total. The molecule has 0 saturated carbocycles. The third-order valence-electron chi connectivity index (χ3n) is 5.90. The zero-order valence-corrected chi connectivity index (χ0v) is 17.3.